The Balaban J connectivity index is 2.41. The van der Waals surface area contributed by atoms with Crippen molar-refractivity contribution in [1.29, 1.82) is 0 Å². The van der Waals surface area contributed by atoms with Crippen LogP contribution in [-0.4, -0.2) is 47.5 Å². The standard InChI is InChI=1S/C12H23N5O/c1-4-16-11(10(13)12(18)17(16)5-2)15-8-6-14(3)7-9-15/h4-9,13H2,1-3H3. The summed E-state index contributed by atoms with van der Waals surface area (Å²) in [7, 11) is 2.12. The zero-order valence-corrected chi connectivity index (χ0v) is 11.5. The molecule has 0 unspecified atom stereocenters. The molecule has 1 aromatic rings. The predicted molar refractivity (Wildman–Crippen MR) is 74.2 cm³/mol. The average molecular weight is 253 g/mol. The Kier molecular flexibility index (Phi) is 3.65. The number of anilines is 2. The van der Waals surface area contributed by atoms with Crippen LogP contribution in [0.4, 0.5) is 11.5 Å². The van der Waals surface area contributed by atoms with Crippen LogP contribution in [0.3, 0.4) is 0 Å². The third-order valence-corrected chi connectivity index (χ3v) is 3.64. The summed E-state index contributed by atoms with van der Waals surface area (Å²) >= 11 is 0. The number of rotatable bonds is 3. The van der Waals surface area contributed by atoms with E-state index < -0.39 is 0 Å². The van der Waals surface area contributed by atoms with Gasteiger partial charge in [-0.05, 0) is 20.9 Å². The molecule has 2 heterocycles. The maximum absolute atomic E-state index is 12.1. The van der Waals surface area contributed by atoms with Gasteiger partial charge in [0.05, 0.1) is 0 Å². The van der Waals surface area contributed by atoms with Crippen molar-refractivity contribution in [1.82, 2.24) is 14.3 Å². The molecule has 6 nitrogen and oxygen atoms in total. The van der Waals surface area contributed by atoms with Gasteiger partial charge in [0.25, 0.3) is 5.56 Å². The minimum Gasteiger partial charge on any atom is -0.391 e. The zero-order chi connectivity index (χ0) is 13.3. The highest BCUT2D eigenvalue weighted by molar-refractivity contribution is 5.63. The van der Waals surface area contributed by atoms with Gasteiger partial charge >= 0.3 is 0 Å². The van der Waals surface area contributed by atoms with Gasteiger partial charge in [0.1, 0.15) is 5.69 Å². The molecule has 0 radical (unpaired) electrons. The van der Waals surface area contributed by atoms with Crippen molar-refractivity contribution in [3.8, 4) is 0 Å². The molecule has 0 saturated carbocycles. The fraction of sp³-hybridized carbons (Fsp3) is 0.750. The van der Waals surface area contributed by atoms with Crippen LogP contribution < -0.4 is 16.2 Å². The van der Waals surface area contributed by atoms with Crippen LogP contribution in [0.5, 0.6) is 0 Å². The Morgan fingerprint density at radius 1 is 1.06 bits per heavy atom. The van der Waals surface area contributed by atoms with Crippen LogP contribution in [0.25, 0.3) is 0 Å². The maximum Gasteiger partial charge on any atom is 0.292 e. The van der Waals surface area contributed by atoms with Crippen LogP contribution in [-0.2, 0) is 13.1 Å². The number of aromatic nitrogens is 2. The van der Waals surface area contributed by atoms with Gasteiger partial charge in [0, 0.05) is 39.3 Å². The molecule has 0 aliphatic carbocycles. The van der Waals surface area contributed by atoms with E-state index in [1.807, 2.05) is 18.5 Å². The van der Waals surface area contributed by atoms with Gasteiger partial charge in [-0.2, -0.15) is 0 Å². The van der Waals surface area contributed by atoms with Crippen molar-refractivity contribution in [3.63, 3.8) is 0 Å². The lowest BCUT2D eigenvalue weighted by molar-refractivity contribution is 0.309. The third-order valence-electron chi connectivity index (χ3n) is 3.64. The molecule has 1 fully saturated rings. The number of nitrogens with two attached hydrogens (primary N) is 1. The summed E-state index contributed by atoms with van der Waals surface area (Å²) in [6.07, 6.45) is 0. The highest BCUT2D eigenvalue weighted by Gasteiger charge is 2.23. The van der Waals surface area contributed by atoms with Gasteiger partial charge in [-0.1, -0.05) is 0 Å². The summed E-state index contributed by atoms with van der Waals surface area (Å²) in [5, 5.41) is 0. The summed E-state index contributed by atoms with van der Waals surface area (Å²) in [4.78, 5) is 16.6. The number of nitrogen functional groups attached to an aromatic ring is 1. The van der Waals surface area contributed by atoms with E-state index in [1.54, 1.807) is 4.68 Å². The first-order chi connectivity index (χ1) is 8.60. The molecular weight excluding hydrogens is 230 g/mol. The molecule has 1 aliphatic heterocycles. The van der Waals surface area contributed by atoms with E-state index in [1.165, 1.54) is 0 Å². The van der Waals surface area contributed by atoms with E-state index in [0.717, 1.165) is 38.5 Å². The van der Waals surface area contributed by atoms with E-state index in [4.69, 9.17) is 5.73 Å². The number of likely N-dealkylation sites (N-methyl/N-ethyl adjacent to an activating group) is 1. The highest BCUT2D eigenvalue weighted by Crippen LogP contribution is 2.22. The minimum absolute atomic E-state index is 0.0618. The number of hydrogen-bond acceptors (Lipinski definition) is 4. The number of piperazine rings is 1. The molecular formula is C12H23N5O. The quantitative estimate of drug-likeness (QED) is 0.825. The molecule has 0 spiro atoms. The summed E-state index contributed by atoms with van der Waals surface area (Å²) in [5.74, 6) is 0.900. The Morgan fingerprint density at radius 3 is 2.11 bits per heavy atom. The van der Waals surface area contributed by atoms with E-state index in [2.05, 4.69) is 16.8 Å². The molecule has 6 heteroatoms. The van der Waals surface area contributed by atoms with Crippen molar-refractivity contribution in [2.24, 2.45) is 0 Å². The smallest absolute Gasteiger partial charge is 0.292 e. The molecule has 102 valence electrons. The van der Waals surface area contributed by atoms with E-state index in [-0.39, 0.29) is 5.56 Å². The minimum atomic E-state index is -0.0618. The second-order valence-corrected chi connectivity index (χ2v) is 4.76. The van der Waals surface area contributed by atoms with Crippen LogP contribution in [0.15, 0.2) is 4.79 Å². The predicted octanol–water partition coefficient (Wildman–Crippen LogP) is 0.0236. The topological polar surface area (TPSA) is 59.4 Å². The molecule has 2 rings (SSSR count). The van der Waals surface area contributed by atoms with E-state index in [9.17, 15) is 4.79 Å². The van der Waals surface area contributed by atoms with Crippen molar-refractivity contribution in [2.45, 2.75) is 26.9 Å². The Morgan fingerprint density at radius 2 is 1.61 bits per heavy atom. The summed E-state index contributed by atoms with van der Waals surface area (Å²) in [6, 6.07) is 0. The van der Waals surface area contributed by atoms with Gasteiger partial charge in [-0.25, -0.2) is 4.68 Å². The van der Waals surface area contributed by atoms with Crippen LogP contribution in [0, 0.1) is 0 Å². The van der Waals surface area contributed by atoms with Crippen molar-refractivity contribution in [3.05, 3.63) is 10.4 Å². The maximum atomic E-state index is 12.1. The molecule has 1 aromatic heterocycles. The molecule has 0 atom stereocenters. The molecule has 0 aromatic carbocycles. The van der Waals surface area contributed by atoms with Crippen molar-refractivity contribution in [2.75, 3.05) is 43.9 Å². The van der Waals surface area contributed by atoms with Gasteiger partial charge < -0.3 is 15.5 Å². The summed E-state index contributed by atoms with van der Waals surface area (Å²) in [6.45, 7) is 9.31. The zero-order valence-electron chi connectivity index (χ0n) is 11.5. The van der Waals surface area contributed by atoms with Crippen LogP contribution >= 0.6 is 0 Å². The SMILES string of the molecule is CCn1c(N2CCN(C)CC2)c(N)c(=O)n1CC. The molecule has 1 saturated heterocycles. The van der Waals surface area contributed by atoms with Crippen molar-refractivity contribution < 1.29 is 0 Å². The highest BCUT2D eigenvalue weighted by atomic mass is 16.1. The summed E-state index contributed by atoms with van der Waals surface area (Å²) in [5.41, 5.74) is 6.34. The van der Waals surface area contributed by atoms with Gasteiger partial charge in [-0.15, -0.1) is 0 Å². The van der Waals surface area contributed by atoms with E-state index >= 15 is 0 Å². The molecule has 0 bridgehead atoms. The first kappa shape index (κ1) is 13.0. The summed E-state index contributed by atoms with van der Waals surface area (Å²) < 4.78 is 3.73. The monoisotopic (exact) mass is 253 g/mol. The van der Waals surface area contributed by atoms with Gasteiger partial charge in [-0.3, -0.25) is 9.48 Å². The second-order valence-electron chi connectivity index (χ2n) is 4.76. The molecule has 2 N–H and O–H groups in total. The molecule has 0 amide bonds. The lowest BCUT2D eigenvalue weighted by Crippen LogP contribution is -2.45. The average Bonchev–Trinajstić information content (AvgIpc) is 2.62. The number of hydrogen-bond donors (Lipinski definition) is 1. The first-order valence-electron chi connectivity index (χ1n) is 6.62. The van der Waals surface area contributed by atoms with Gasteiger partial charge in [0.15, 0.2) is 5.82 Å². The molecule has 18 heavy (non-hydrogen) atoms. The third kappa shape index (κ3) is 2.01. The first-order valence-corrected chi connectivity index (χ1v) is 6.62. The van der Waals surface area contributed by atoms with Gasteiger partial charge in [0.2, 0.25) is 0 Å². The van der Waals surface area contributed by atoms with E-state index in [0.29, 0.717) is 12.2 Å². The fourth-order valence-corrected chi connectivity index (χ4v) is 2.58. The molecule has 1 aliphatic rings. The second kappa shape index (κ2) is 5.06. The fourth-order valence-electron chi connectivity index (χ4n) is 2.58. The number of nitrogens with zero attached hydrogens (tertiary/aromatic N) is 4. The largest absolute Gasteiger partial charge is 0.391 e. The van der Waals surface area contributed by atoms with Crippen LogP contribution in [0.1, 0.15) is 13.8 Å². The normalized spacial score (nSPS) is 17.4. The lowest BCUT2D eigenvalue weighted by Gasteiger charge is -2.34. The Labute approximate surface area is 108 Å². The van der Waals surface area contributed by atoms with Crippen LogP contribution in [0.2, 0.25) is 0 Å². The Hall–Kier alpha value is -1.43. The lowest BCUT2D eigenvalue weighted by atomic mass is 10.3. The van der Waals surface area contributed by atoms with Crippen molar-refractivity contribution >= 4 is 11.5 Å². The Bertz CT molecular complexity index is 468.